The first-order valence-corrected chi connectivity index (χ1v) is 10.5. The van der Waals surface area contributed by atoms with Crippen LogP contribution in [-0.2, 0) is 19.4 Å². The van der Waals surface area contributed by atoms with E-state index in [9.17, 15) is 26.4 Å². The van der Waals surface area contributed by atoms with Gasteiger partial charge in [0.05, 0.1) is 7.11 Å². The second-order valence-corrected chi connectivity index (χ2v) is 8.39. The van der Waals surface area contributed by atoms with Crippen LogP contribution in [0.2, 0.25) is 0 Å². The number of ether oxygens (including phenoxy) is 2. The highest BCUT2D eigenvalue weighted by molar-refractivity contribution is 7.91. The molecule has 0 aliphatic rings. The normalized spacial score (nSPS) is 12.3. The number of halogens is 3. The SMILES string of the molecule is COC(=O)[C@H](C)Oc1ccc(F)cc1-c1ccc(S(=O)(=O)c2ccccc2F)c(F)c1. The Hall–Kier alpha value is -3.33. The zero-order chi connectivity index (χ0) is 22.8. The van der Waals surface area contributed by atoms with Gasteiger partial charge < -0.3 is 9.47 Å². The first-order valence-electron chi connectivity index (χ1n) is 8.98. The Labute approximate surface area is 177 Å². The molecule has 0 bridgehead atoms. The van der Waals surface area contributed by atoms with Gasteiger partial charge in [-0.25, -0.2) is 26.4 Å². The van der Waals surface area contributed by atoms with E-state index in [1.54, 1.807) is 0 Å². The number of hydrogen-bond acceptors (Lipinski definition) is 5. The van der Waals surface area contributed by atoms with Crippen molar-refractivity contribution in [1.82, 2.24) is 0 Å². The third kappa shape index (κ3) is 4.56. The average Bonchev–Trinajstić information content (AvgIpc) is 2.74. The summed E-state index contributed by atoms with van der Waals surface area (Å²) in [6.45, 7) is 1.42. The highest BCUT2D eigenvalue weighted by Crippen LogP contribution is 2.34. The zero-order valence-corrected chi connectivity index (χ0v) is 17.3. The maximum atomic E-state index is 14.8. The molecule has 3 aromatic carbocycles. The van der Waals surface area contributed by atoms with Crippen molar-refractivity contribution < 1.29 is 35.9 Å². The van der Waals surface area contributed by atoms with Gasteiger partial charge >= 0.3 is 5.97 Å². The molecule has 0 saturated heterocycles. The molecule has 5 nitrogen and oxygen atoms in total. The van der Waals surface area contributed by atoms with E-state index in [1.807, 2.05) is 0 Å². The van der Waals surface area contributed by atoms with Gasteiger partial charge in [0.25, 0.3) is 0 Å². The minimum absolute atomic E-state index is 0.0587. The van der Waals surface area contributed by atoms with E-state index < -0.39 is 49.2 Å². The predicted octanol–water partition coefficient (Wildman–Crippen LogP) is 4.54. The van der Waals surface area contributed by atoms with Crippen LogP contribution in [0.4, 0.5) is 13.2 Å². The fourth-order valence-corrected chi connectivity index (χ4v) is 4.28. The zero-order valence-electron chi connectivity index (χ0n) is 16.4. The number of carbonyl (C=O) groups is 1. The van der Waals surface area contributed by atoms with Crippen molar-refractivity contribution in [3.05, 3.63) is 78.1 Å². The Morgan fingerprint density at radius 3 is 2.23 bits per heavy atom. The second kappa shape index (κ2) is 8.81. The Balaban J connectivity index is 2.05. The minimum atomic E-state index is -4.47. The van der Waals surface area contributed by atoms with Gasteiger partial charge in [-0.15, -0.1) is 0 Å². The highest BCUT2D eigenvalue weighted by atomic mass is 32.2. The number of sulfone groups is 1. The fourth-order valence-electron chi connectivity index (χ4n) is 2.90. The van der Waals surface area contributed by atoms with E-state index in [-0.39, 0.29) is 16.9 Å². The van der Waals surface area contributed by atoms with Crippen molar-refractivity contribution in [3.8, 4) is 16.9 Å². The van der Waals surface area contributed by atoms with E-state index in [4.69, 9.17) is 4.74 Å². The topological polar surface area (TPSA) is 69.7 Å². The first-order chi connectivity index (χ1) is 14.6. The Morgan fingerprint density at radius 2 is 1.58 bits per heavy atom. The van der Waals surface area contributed by atoms with Gasteiger partial charge in [0.1, 0.15) is 33.0 Å². The molecule has 0 aliphatic heterocycles. The lowest BCUT2D eigenvalue weighted by Crippen LogP contribution is -2.25. The molecule has 0 amide bonds. The number of hydrogen-bond donors (Lipinski definition) is 0. The van der Waals surface area contributed by atoms with Crippen LogP contribution in [0, 0.1) is 17.5 Å². The van der Waals surface area contributed by atoms with E-state index in [0.717, 1.165) is 36.4 Å². The lowest BCUT2D eigenvalue weighted by atomic mass is 10.0. The third-order valence-corrected chi connectivity index (χ3v) is 6.26. The molecule has 0 fully saturated rings. The molecule has 0 N–H and O–H groups in total. The molecule has 3 rings (SSSR count). The van der Waals surface area contributed by atoms with Crippen molar-refractivity contribution in [2.45, 2.75) is 22.8 Å². The van der Waals surface area contributed by atoms with E-state index >= 15 is 0 Å². The van der Waals surface area contributed by atoms with Gasteiger partial charge in [0.15, 0.2) is 6.10 Å². The van der Waals surface area contributed by atoms with E-state index in [0.29, 0.717) is 0 Å². The minimum Gasteiger partial charge on any atom is -0.478 e. The molecule has 0 radical (unpaired) electrons. The Morgan fingerprint density at radius 1 is 0.903 bits per heavy atom. The average molecular weight is 450 g/mol. The van der Waals surface area contributed by atoms with E-state index in [2.05, 4.69) is 4.74 Å². The van der Waals surface area contributed by atoms with Crippen molar-refractivity contribution in [2.24, 2.45) is 0 Å². The Kier molecular flexibility index (Phi) is 6.35. The highest BCUT2D eigenvalue weighted by Gasteiger charge is 2.26. The number of rotatable bonds is 6. The molecular formula is C22H17F3O5S. The molecule has 3 aromatic rings. The van der Waals surface area contributed by atoms with Crippen LogP contribution in [0.5, 0.6) is 5.75 Å². The summed E-state index contributed by atoms with van der Waals surface area (Å²) in [6.07, 6.45) is -1.03. The summed E-state index contributed by atoms with van der Waals surface area (Å²) in [6, 6.07) is 11.1. The third-order valence-electron chi connectivity index (χ3n) is 4.44. The molecule has 1 atom stereocenters. The van der Waals surface area contributed by atoms with Gasteiger partial charge in [0, 0.05) is 5.56 Å². The molecule has 9 heteroatoms. The molecule has 0 saturated carbocycles. The molecular weight excluding hydrogens is 433 g/mol. The smallest absolute Gasteiger partial charge is 0.346 e. The number of carbonyl (C=O) groups excluding carboxylic acids is 1. The second-order valence-electron chi connectivity index (χ2n) is 6.50. The van der Waals surface area contributed by atoms with Gasteiger partial charge in [-0.3, -0.25) is 0 Å². The molecule has 0 unspecified atom stereocenters. The molecule has 31 heavy (non-hydrogen) atoms. The van der Waals surface area contributed by atoms with Crippen LogP contribution in [0.1, 0.15) is 6.92 Å². The monoisotopic (exact) mass is 450 g/mol. The number of benzene rings is 3. The largest absolute Gasteiger partial charge is 0.478 e. The Bertz CT molecular complexity index is 1240. The van der Waals surface area contributed by atoms with E-state index in [1.165, 1.54) is 38.3 Å². The van der Waals surface area contributed by atoms with Gasteiger partial charge in [-0.05, 0) is 55.0 Å². The van der Waals surface area contributed by atoms with Gasteiger partial charge in [-0.2, -0.15) is 0 Å². The summed E-state index contributed by atoms with van der Waals surface area (Å²) in [5, 5.41) is 0. The lowest BCUT2D eigenvalue weighted by Gasteiger charge is -2.16. The molecule has 0 heterocycles. The van der Waals surface area contributed by atoms with Crippen molar-refractivity contribution in [3.63, 3.8) is 0 Å². The van der Waals surface area contributed by atoms with Crippen LogP contribution in [0.25, 0.3) is 11.1 Å². The van der Waals surface area contributed by atoms with Crippen molar-refractivity contribution in [2.75, 3.05) is 7.11 Å². The standard InChI is InChI=1S/C22H17F3O5S/c1-13(22(26)29-2)30-19-9-8-15(23)12-16(19)14-7-10-21(18(25)11-14)31(27,28)20-6-4-3-5-17(20)24/h3-13H,1-2H3/t13-/m0/s1. The van der Waals surface area contributed by atoms with Crippen molar-refractivity contribution >= 4 is 15.8 Å². The van der Waals surface area contributed by atoms with Crippen LogP contribution in [-0.4, -0.2) is 27.6 Å². The van der Waals surface area contributed by atoms with Crippen LogP contribution < -0.4 is 4.74 Å². The molecule has 0 aromatic heterocycles. The summed E-state index contributed by atoms with van der Waals surface area (Å²) in [7, 11) is -3.29. The summed E-state index contributed by atoms with van der Waals surface area (Å²) in [5.74, 6) is -3.44. The number of esters is 1. The van der Waals surface area contributed by atoms with Gasteiger partial charge in [-0.1, -0.05) is 18.2 Å². The van der Waals surface area contributed by atoms with Gasteiger partial charge in [0.2, 0.25) is 9.84 Å². The predicted molar refractivity (Wildman–Crippen MR) is 106 cm³/mol. The quantitative estimate of drug-likeness (QED) is 0.516. The molecule has 0 spiro atoms. The summed E-state index contributed by atoms with van der Waals surface area (Å²) in [4.78, 5) is 10.2. The molecule has 0 aliphatic carbocycles. The fraction of sp³-hybridized carbons (Fsp3) is 0.136. The van der Waals surface area contributed by atoms with Crippen LogP contribution >= 0.6 is 0 Å². The maximum absolute atomic E-state index is 14.8. The lowest BCUT2D eigenvalue weighted by molar-refractivity contribution is -0.147. The summed E-state index contributed by atoms with van der Waals surface area (Å²) >= 11 is 0. The maximum Gasteiger partial charge on any atom is 0.346 e. The summed E-state index contributed by atoms with van der Waals surface area (Å²) in [5.41, 5.74) is 0.182. The number of methoxy groups -OCH3 is 1. The first kappa shape index (κ1) is 22.4. The van der Waals surface area contributed by atoms with Crippen LogP contribution in [0.15, 0.2) is 70.5 Å². The van der Waals surface area contributed by atoms with Crippen LogP contribution in [0.3, 0.4) is 0 Å². The van der Waals surface area contributed by atoms with Crippen molar-refractivity contribution in [1.29, 1.82) is 0 Å². The molecule has 162 valence electrons. The summed E-state index contributed by atoms with van der Waals surface area (Å²) < 4.78 is 78.1.